The number of nitrogens with zero attached hydrogens (tertiary/aromatic N) is 2. The van der Waals surface area contributed by atoms with Gasteiger partial charge in [-0.3, -0.25) is 14.4 Å². The molecule has 1 heterocycles. The van der Waals surface area contributed by atoms with Crippen LogP contribution in [0.5, 0.6) is 0 Å². The predicted octanol–water partition coefficient (Wildman–Crippen LogP) is 5.03. The average Bonchev–Trinajstić information content (AvgIpc) is 3.72. The van der Waals surface area contributed by atoms with Gasteiger partial charge in [-0.05, 0) is 42.5 Å². The highest BCUT2D eigenvalue weighted by molar-refractivity contribution is 7.13. The van der Waals surface area contributed by atoms with E-state index in [1.807, 2.05) is 66.7 Å². The van der Waals surface area contributed by atoms with Gasteiger partial charge in [0.1, 0.15) is 6.54 Å². The lowest BCUT2D eigenvalue weighted by Gasteiger charge is -2.21. The van der Waals surface area contributed by atoms with Crippen LogP contribution < -0.4 is 10.6 Å². The van der Waals surface area contributed by atoms with Crippen LogP contribution in [0.15, 0.2) is 96.4 Å². The van der Waals surface area contributed by atoms with Crippen LogP contribution in [-0.4, -0.2) is 40.2 Å². The van der Waals surface area contributed by atoms with E-state index in [9.17, 15) is 14.4 Å². The van der Waals surface area contributed by atoms with Crippen molar-refractivity contribution in [3.8, 4) is 0 Å². The molecule has 1 atom stereocenters. The fourth-order valence-electron chi connectivity index (χ4n) is 4.46. The molecule has 3 aromatic carbocycles. The van der Waals surface area contributed by atoms with Gasteiger partial charge in [-0.2, -0.15) is 0 Å². The summed E-state index contributed by atoms with van der Waals surface area (Å²) in [7, 11) is 0. The van der Waals surface area contributed by atoms with Crippen LogP contribution in [-0.2, 0) is 22.4 Å². The van der Waals surface area contributed by atoms with E-state index in [2.05, 4.69) is 27.8 Å². The number of rotatable bonds is 11. The summed E-state index contributed by atoms with van der Waals surface area (Å²) in [5.41, 5.74) is 3.32. The van der Waals surface area contributed by atoms with Crippen molar-refractivity contribution in [2.45, 2.75) is 37.8 Å². The van der Waals surface area contributed by atoms with Gasteiger partial charge in [0.2, 0.25) is 11.8 Å². The summed E-state index contributed by atoms with van der Waals surface area (Å²) >= 11 is 1.27. The smallest absolute Gasteiger partial charge is 0.254 e. The summed E-state index contributed by atoms with van der Waals surface area (Å²) in [6.07, 6.45) is 2.58. The van der Waals surface area contributed by atoms with E-state index >= 15 is 0 Å². The third-order valence-corrected chi connectivity index (χ3v) is 7.35. The fraction of sp³-hybridized carbons (Fsp3) is 0.226. The summed E-state index contributed by atoms with van der Waals surface area (Å²) in [6, 6.07) is 28.9. The Morgan fingerprint density at radius 3 is 2.18 bits per heavy atom. The van der Waals surface area contributed by atoms with Gasteiger partial charge in [-0.15, -0.1) is 11.3 Å². The molecule has 4 aromatic rings. The highest BCUT2D eigenvalue weighted by Gasteiger charge is 2.34. The molecule has 0 aliphatic heterocycles. The van der Waals surface area contributed by atoms with Crippen LogP contribution in [0.4, 0.5) is 5.13 Å². The lowest BCUT2D eigenvalue weighted by molar-refractivity contribution is -0.121. The Morgan fingerprint density at radius 2 is 1.51 bits per heavy atom. The molecule has 1 aromatic heterocycles. The molecule has 0 bridgehead atoms. The fourth-order valence-corrected chi connectivity index (χ4v) is 5.18. The van der Waals surface area contributed by atoms with Gasteiger partial charge in [0.25, 0.3) is 5.91 Å². The Kier molecular flexibility index (Phi) is 8.43. The van der Waals surface area contributed by atoms with Crippen molar-refractivity contribution in [3.05, 3.63) is 119 Å². The first-order chi connectivity index (χ1) is 19.0. The molecule has 0 radical (unpaired) electrons. The van der Waals surface area contributed by atoms with E-state index in [0.29, 0.717) is 22.8 Å². The van der Waals surface area contributed by atoms with Gasteiger partial charge in [0.05, 0.1) is 18.2 Å². The van der Waals surface area contributed by atoms with Gasteiger partial charge in [-0.25, -0.2) is 4.98 Å². The second-order valence-corrected chi connectivity index (χ2v) is 10.5. The molecule has 1 saturated carbocycles. The monoisotopic (exact) mass is 538 g/mol. The molecule has 198 valence electrons. The molecule has 0 spiro atoms. The van der Waals surface area contributed by atoms with Crippen LogP contribution >= 0.6 is 11.3 Å². The largest absolute Gasteiger partial charge is 0.349 e. The zero-order chi connectivity index (χ0) is 27.0. The van der Waals surface area contributed by atoms with Gasteiger partial charge in [0.15, 0.2) is 5.13 Å². The maximum absolute atomic E-state index is 13.0. The molecular formula is C31H30N4O3S. The van der Waals surface area contributed by atoms with Crippen molar-refractivity contribution in [2.24, 2.45) is 0 Å². The van der Waals surface area contributed by atoms with Gasteiger partial charge < -0.3 is 15.5 Å². The molecule has 5 rings (SSSR count). The van der Waals surface area contributed by atoms with Crippen molar-refractivity contribution in [1.29, 1.82) is 0 Å². The highest BCUT2D eigenvalue weighted by atomic mass is 32.1. The number of hydrogen-bond acceptors (Lipinski definition) is 5. The quantitative estimate of drug-likeness (QED) is 0.280. The first kappa shape index (κ1) is 26.3. The number of hydrogen-bond donors (Lipinski definition) is 2. The Bertz CT molecular complexity index is 1410. The number of carbonyl (C=O) groups is 3. The molecule has 8 heteroatoms. The topological polar surface area (TPSA) is 91.4 Å². The number of benzene rings is 3. The minimum absolute atomic E-state index is 0.0357. The summed E-state index contributed by atoms with van der Waals surface area (Å²) in [5.74, 6) is -0.590. The van der Waals surface area contributed by atoms with Crippen LogP contribution in [0, 0.1) is 0 Å². The summed E-state index contributed by atoms with van der Waals surface area (Å²) in [4.78, 5) is 44.8. The van der Waals surface area contributed by atoms with E-state index in [-0.39, 0.29) is 42.8 Å². The van der Waals surface area contributed by atoms with Crippen LogP contribution in [0.2, 0.25) is 0 Å². The second kappa shape index (κ2) is 12.5. The predicted molar refractivity (Wildman–Crippen MR) is 152 cm³/mol. The Labute approximate surface area is 231 Å². The van der Waals surface area contributed by atoms with Crippen LogP contribution in [0.3, 0.4) is 0 Å². The van der Waals surface area contributed by atoms with Gasteiger partial charge in [-0.1, -0.05) is 78.9 Å². The number of nitrogens with one attached hydrogen (secondary N) is 2. The molecule has 0 unspecified atom stereocenters. The summed E-state index contributed by atoms with van der Waals surface area (Å²) in [5, 5.41) is 8.13. The first-order valence-corrected chi connectivity index (χ1v) is 13.9. The summed E-state index contributed by atoms with van der Waals surface area (Å²) in [6.45, 7) is -0.0357. The molecule has 1 fully saturated rings. The van der Waals surface area contributed by atoms with Crippen LogP contribution in [0.25, 0.3) is 0 Å². The number of anilines is 1. The molecule has 0 saturated heterocycles. The minimum Gasteiger partial charge on any atom is -0.349 e. The van der Waals surface area contributed by atoms with E-state index in [1.54, 1.807) is 22.4 Å². The van der Waals surface area contributed by atoms with E-state index in [4.69, 9.17) is 0 Å². The third-order valence-electron chi connectivity index (χ3n) is 6.54. The number of amides is 3. The number of thiazole rings is 1. The zero-order valence-corrected chi connectivity index (χ0v) is 22.3. The Balaban J connectivity index is 1.17. The van der Waals surface area contributed by atoms with Crippen molar-refractivity contribution in [3.63, 3.8) is 0 Å². The third kappa shape index (κ3) is 7.39. The average molecular weight is 539 g/mol. The number of carbonyl (C=O) groups excluding carboxylic acids is 3. The highest BCUT2D eigenvalue weighted by Crippen LogP contribution is 2.28. The standard InChI is InChI=1S/C31H30N4O3S/c36-28(33-27(23-12-6-2-7-13-23)18-22-10-4-1-5-11-22)19-25-21-39-31(32-25)34-29(37)20-35(26-16-17-26)30(38)24-14-8-3-9-15-24/h1-15,21,26-27H,16-20H2,(H,33,36)(H,32,34,37)/t27-/m0/s1. The summed E-state index contributed by atoms with van der Waals surface area (Å²) < 4.78 is 0. The molecule has 1 aliphatic rings. The van der Waals surface area contributed by atoms with E-state index in [1.165, 1.54) is 11.3 Å². The molecular weight excluding hydrogens is 508 g/mol. The Hall–Kier alpha value is -4.30. The lowest BCUT2D eigenvalue weighted by Crippen LogP contribution is -2.39. The Morgan fingerprint density at radius 1 is 0.872 bits per heavy atom. The van der Waals surface area contributed by atoms with Crippen LogP contribution in [0.1, 0.15) is 46.1 Å². The number of aromatic nitrogens is 1. The van der Waals surface area contributed by atoms with E-state index in [0.717, 1.165) is 24.0 Å². The maximum atomic E-state index is 13.0. The van der Waals surface area contributed by atoms with Crippen molar-refractivity contribution in [2.75, 3.05) is 11.9 Å². The van der Waals surface area contributed by atoms with Gasteiger partial charge in [0, 0.05) is 17.0 Å². The lowest BCUT2D eigenvalue weighted by atomic mass is 9.98. The van der Waals surface area contributed by atoms with Crippen molar-refractivity contribution in [1.82, 2.24) is 15.2 Å². The molecule has 7 nitrogen and oxygen atoms in total. The normalized spacial score (nSPS) is 13.3. The molecule has 39 heavy (non-hydrogen) atoms. The SMILES string of the molecule is O=C(CN(C(=O)c1ccccc1)C1CC1)Nc1nc(CC(=O)N[C@@H](Cc2ccccc2)c2ccccc2)cs1. The van der Waals surface area contributed by atoms with Crippen molar-refractivity contribution >= 4 is 34.2 Å². The second-order valence-electron chi connectivity index (χ2n) is 9.62. The van der Waals surface area contributed by atoms with Crippen molar-refractivity contribution < 1.29 is 14.4 Å². The maximum Gasteiger partial charge on any atom is 0.254 e. The first-order valence-electron chi connectivity index (χ1n) is 13.0. The van der Waals surface area contributed by atoms with E-state index < -0.39 is 0 Å². The minimum atomic E-state index is -0.302. The zero-order valence-electron chi connectivity index (χ0n) is 21.5. The molecule has 2 N–H and O–H groups in total. The molecule has 1 aliphatic carbocycles. The van der Waals surface area contributed by atoms with Gasteiger partial charge >= 0.3 is 0 Å². The molecule has 3 amide bonds.